The highest BCUT2D eigenvalue weighted by molar-refractivity contribution is 6.32. The molecule has 3 nitrogen and oxygen atoms in total. The molecule has 0 aromatic carbocycles. The van der Waals surface area contributed by atoms with Crippen LogP contribution in [0.2, 0.25) is 5.22 Å². The van der Waals surface area contributed by atoms with E-state index in [1.54, 1.807) is 6.07 Å². The molecule has 1 heterocycles. The van der Waals surface area contributed by atoms with E-state index >= 15 is 0 Å². The number of carbonyl (C=O) groups excluding carboxylic acids is 1. The maximum Gasteiger partial charge on any atom is 0.256 e. The third-order valence-electron chi connectivity index (χ3n) is 2.73. The number of halogens is 1. The number of allylic oxidation sites excluding steroid dienone is 1. The van der Waals surface area contributed by atoms with Crippen LogP contribution < -0.4 is 5.32 Å². The summed E-state index contributed by atoms with van der Waals surface area (Å²) in [5.41, 5.74) is 1.85. The van der Waals surface area contributed by atoms with Crippen molar-refractivity contribution in [3.63, 3.8) is 0 Å². The summed E-state index contributed by atoms with van der Waals surface area (Å²) in [4.78, 5) is 11.6. The van der Waals surface area contributed by atoms with Crippen LogP contribution >= 0.6 is 11.6 Å². The Morgan fingerprint density at radius 3 is 3.06 bits per heavy atom. The van der Waals surface area contributed by atoms with E-state index in [0.29, 0.717) is 12.1 Å². The number of hydrogen-bond acceptors (Lipinski definition) is 2. The van der Waals surface area contributed by atoms with E-state index in [0.717, 1.165) is 6.42 Å². The zero-order chi connectivity index (χ0) is 11.4. The molecular formula is C12H14ClNO2. The number of carbonyl (C=O) groups is 1. The lowest BCUT2D eigenvalue weighted by atomic mass is 10.1. The van der Waals surface area contributed by atoms with Crippen LogP contribution in [0.25, 0.3) is 0 Å². The molecule has 0 spiro atoms. The normalized spacial score (nSPS) is 14.9. The lowest BCUT2D eigenvalue weighted by Crippen LogP contribution is -2.24. The van der Waals surface area contributed by atoms with E-state index in [1.807, 2.05) is 0 Å². The molecule has 1 aromatic heterocycles. The van der Waals surface area contributed by atoms with Gasteiger partial charge in [-0.2, -0.15) is 0 Å². The van der Waals surface area contributed by atoms with Gasteiger partial charge in [0, 0.05) is 6.54 Å². The summed E-state index contributed by atoms with van der Waals surface area (Å²) < 4.78 is 4.86. The van der Waals surface area contributed by atoms with E-state index in [2.05, 4.69) is 11.4 Å². The van der Waals surface area contributed by atoms with Crippen LogP contribution in [0.4, 0.5) is 0 Å². The fourth-order valence-corrected chi connectivity index (χ4v) is 2.05. The second-order valence-electron chi connectivity index (χ2n) is 3.87. The molecule has 0 aliphatic heterocycles. The number of furan rings is 1. The number of amides is 1. The summed E-state index contributed by atoms with van der Waals surface area (Å²) in [6.45, 7) is 0.659. The predicted octanol–water partition coefficient (Wildman–Crippen LogP) is 3.16. The van der Waals surface area contributed by atoms with Crippen LogP contribution in [-0.4, -0.2) is 12.5 Å². The smallest absolute Gasteiger partial charge is 0.256 e. The molecule has 1 aromatic rings. The van der Waals surface area contributed by atoms with Gasteiger partial charge in [0.25, 0.3) is 5.91 Å². The number of nitrogens with one attached hydrogen (secondary N) is 1. The Morgan fingerprint density at radius 2 is 2.44 bits per heavy atom. The molecule has 2 rings (SSSR count). The lowest BCUT2D eigenvalue weighted by Gasteiger charge is -2.04. The average Bonchev–Trinajstić information content (AvgIpc) is 2.88. The van der Waals surface area contributed by atoms with Gasteiger partial charge in [0.05, 0.1) is 11.8 Å². The second kappa shape index (κ2) is 5.21. The Morgan fingerprint density at radius 1 is 1.56 bits per heavy atom. The van der Waals surface area contributed by atoms with Crippen LogP contribution in [0.1, 0.15) is 36.0 Å². The largest absolute Gasteiger partial charge is 0.452 e. The van der Waals surface area contributed by atoms with Crippen molar-refractivity contribution in [2.75, 3.05) is 6.54 Å². The zero-order valence-corrected chi connectivity index (χ0v) is 9.72. The first-order chi connectivity index (χ1) is 7.77. The van der Waals surface area contributed by atoms with Crippen molar-refractivity contribution >= 4 is 17.5 Å². The van der Waals surface area contributed by atoms with Gasteiger partial charge in [0.15, 0.2) is 0 Å². The van der Waals surface area contributed by atoms with Crippen molar-refractivity contribution in [2.24, 2.45) is 0 Å². The van der Waals surface area contributed by atoms with Gasteiger partial charge in [-0.15, -0.1) is 0 Å². The molecule has 1 N–H and O–H groups in total. The summed E-state index contributed by atoms with van der Waals surface area (Å²) >= 11 is 5.70. The van der Waals surface area contributed by atoms with E-state index in [1.165, 1.54) is 31.1 Å². The molecule has 0 saturated heterocycles. The average molecular weight is 240 g/mol. The Labute approximate surface area is 99.5 Å². The quantitative estimate of drug-likeness (QED) is 0.820. The van der Waals surface area contributed by atoms with E-state index in [4.69, 9.17) is 16.0 Å². The zero-order valence-electron chi connectivity index (χ0n) is 8.96. The van der Waals surface area contributed by atoms with Crippen molar-refractivity contribution in [1.82, 2.24) is 5.32 Å². The fourth-order valence-electron chi connectivity index (χ4n) is 1.85. The minimum Gasteiger partial charge on any atom is -0.452 e. The first-order valence-corrected chi connectivity index (χ1v) is 5.84. The Balaban J connectivity index is 1.78. The molecule has 0 unspecified atom stereocenters. The standard InChI is InChI=1S/C12H14ClNO2/c13-11-10(6-8-16-11)12(15)14-7-5-9-3-1-2-4-9/h3,6,8H,1-2,4-5,7H2,(H,14,15). The minimum atomic E-state index is -0.169. The molecule has 0 saturated carbocycles. The van der Waals surface area contributed by atoms with Crippen LogP contribution in [0.5, 0.6) is 0 Å². The third-order valence-corrected chi connectivity index (χ3v) is 3.02. The van der Waals surface area contributed by atoms with Gasteiger partial charge in [-0.1, -0.05) is 11.6 Å². The molecular weight excluding hydrogens is 226 g/mol. The third kappa shape index (κ3) is 2.67. The van der Waals surface area contributed by atoms with Crippen molar-refractivity contribution in [1.29, 1.82) is 0 Å². The van der Waals surface area contributed by atoms with Crippen LogP contribution in [-0.2, 0) is 0 Å². The molecule has 4 heteroatoms. The molecule has 86 valence electrons. The van der Waals surface area contributed by atoms with Gasteiger partial charge in [-0.05, 0) is 43.4 Å². The SMILES string of the molecule is O=C(NCCC1=CCCC1)c1ccoc1Cl. The molecule has 0 radical (unpaired) electrons. The maximum absolute atomic E-state index is 11.6. The molecule has 1 amide bonds. The summed E-state index contributed by atoms with van der Waals surface area (Å²) in [5.74, 6) is -0.169. The lowest BCUT2D eigenvalue weighted by molar-refractivity contribution is 0.0953. The van der Waals surface area contributed by atoms with Crippen molar-refractivity contribution in [2.45, 2.75) is 25.7 Å². The Bertz CT molecular complexity index is 409. The molecule has 16 heavy (non-hydrogen) atoms. The number of hydrogen-bond donors (Lipinski definition) is 1. The fraction of sp³-hybridized carbons (Fsp3) is 0.417. The number of rotatable bonds is 4. The highest BCUT2D eigenvalue weighted by atomic mass is 35.5. The van der Waals surface area contributed by atoms with E-state index in [-0.39, 0.29) is 11.1 Å². The van der Waals surface area contributed by atoms with Gasteiger partial charge >= 0.3 is 0 Å². The molecule has 0 bridgehead atoms. The summed E-state index contributed by atoms with van der Waals surface area (Å²) in [7, 11) is 0. The summed E-state index contributed by atoms with van der Waals surface area (Å²) in [6, 6.07) is 1.58. The van der Waals surface area contributed by atoms with Gasteiger partial charge in [-0.3, -0.25) is 4.79 Å². The topological polar surface area (TPSA) is 42.2 Å². The van der Waals surface area contributed by atoms with E-state index in [9.17, 15) is 4.79 Å². The van der Waals surface area contributed by atoms with Crippen LogP contribution in [0.15, 0.2) is 28.4 Å². The van der Waals surface area contributed by atoms with Gasteiger partial charge in [0.1, 0.15) is 0 Å². The first kappa shape index (κ1) is 11.3. The van der Waals surface area contributed by atoms with Gasteiger partial charge in [-0.25, -0.2) is 0 Å². The van der Waals surface area contributed by atoms with Crippen molar-refractivity contribution in [3.05, 3.63) is 34.8 Å². The minimum absolute atomic E-state index is 0.151. The predicted molar refractivity (Wildman–Crippen MR) is 62.6 cm³/mol. The molecule has 1 aliphatic carbocycles. The van der Waals surface area contributed by atoms with Gasteiger partial charge in [0.2, 0.25) is 5.22 Å². The first-order valence-electron chi connectivity index (χ1n) is 5.46. The second-order valence-corrected chi connectivity index (χ2v) is 4.21. The van der Waals surface area contributed by atoms with Crippen LogP contribution in [0.3, 0.4) is 0 Å². The Hall–Kier alpha value is -1.22. The van der Waals surface area contributed by atoms with Crippen molar-refractivity contribution in [3.8, 4) is 0 Å². The van der Waals surface area contributed by atoms with Crippen molar-refractivity contribution < 1.29 is 9.21 Å². The summed E-state index contributed by atoms with van der Waals surface area (Å²) in [5, 5.41) is 2.98. The highest BCUT2D eigenvalue weighted by Gasteiger charge is 2.12. The van der Waals surface area contributed by atoms with Gasteiger partial charge < -0.3 is 9.73 Å². The van der Waals surface area contributed by atoms with E-state index < -0.39 is 0 Å². The molecule has 1 aliphatic rings. The summed E-state index contributed by atoms with van der Waals surface area (Å²) in [6.07, 6.45) is 8.20. The monoisotopic (exact) mass is 239 g/mol. The highest BCUT2D eigenvalue weighted by Crippen LogP contribution is 2.20. The molecule has 0 atom stereocenters. The Kier molecular flexibility index (Phi) is 3.67. The van der Waals surface area contributed by atoms with Crippen LogP contribution in [0, 0.1) is 0 Å². The molecule has 0 fully saturated rings. The maximum atomic E-state index is 11.6.